The van der Waals surface area contributed by atoms with Crippen molar-refractivity contribution in [1.82, 2.24) is 0 Å². The van der Waals surface area contributed by atoms with E-state index < -0.39 is 0 Å². The van der Waals surface area contributed by atoms with Gasteiger partial charge in [0, 0.05) is 17.4 Å². The number of aryl methyl sites for hydroxylation is 3. The van der Waals surface area contributed by atoms with Crippen LogP contribution in [0.2, 0.25) is 0 Å². The summed E-state index contributed by atoms with van der Waals surface area (Å²) in [5.41, 5.74) is 4.96. The first-order valence-corrected chi connectivity index (χ1v) is 7.78. The third-order valence-electron chi connectivity index (χ3n) is 3.96. The molecular formula is C19H24N2O3. The molecule has 0 aromatic heterocycles. The van der Waals surface area contributed by atoms with E-state index in [-0.39, 0.29) is 12.5 Å². The molecule has 2 N–H and O–H groups in total. The Morgan fingerprint density at radius 1 is 0.917 bits per heavy atom. The van der Waals surface area contributed by atoms with Crippen LogP contribution < -0.4 is 20.1 Å². The predicted molar refractivity (Wildman–Crippen MR) is 97.3 cm³/mol. The van der Waals surface area contributed by atoms with Gasteiger partial charge in [0.05, 0.1) is 20.8 Å². The highest BCUT2D eigenvalue weighted by Crippen LogP contribution is 2.32. The Morgan fingerprint density at radius 3 is 2.21 bits per heavy atom. The molecule has 0 aliphatic rings. The zero-order chi connectivity index (χ0) is 17.7. The van der Waals surface area contributed by atoms with Gasteiger partial charge in [-0.2, -0.15) is 0 Å². The van der Waals surface area contributed by atoms with Crippen LogP contribution in [0.5, 0.6) is 11.5 Å². The van der Waals surface area contributed by atoms with Gasteiger partial charge in [0.1, 0.15) is 0 Å². The lowest BCUT2D eigenvalue weighted by Gasteiger charge is -2.14. The molecule has 2 aromatic rings. The second kappa shape index (κ2) is 7.73. The molecule has 2 aromatic carbocycles. The maximum Gasteiger partial charge on any atom is 0.243 e. The van der Waals surface area contributed by atoms with Crippen LogP contribution in [0, 0.1) is 20.8 Å². The first-order valence-electron chi connectivity index (χ1n) is 7.78. The number of anilines is 2. The summed E-state index contributed by atoms with van der Waals surface area (Å²) >= 11 is 0. The molecule has 0 saturated carbocycles. The van der Waals surface area contributed by atoms with E-state index in [0.717, 1.165) is 22.5 Å². The summed E-state index contributed by atoms with van der Waals surface area (Å²) in [5.74, 6) is 1.19. The SMILES string of the molecule is COc1cc(C)c(NCC(=O)Nc2ccc(C)c(C)c2)cc1OC. The highest BCUT2D eigenvalue weighted by molar-refractivity contribution is 5.94. The smallest absolute Gasteiger partial charge is 0.243 e. The molecule has 0 heterocycles. The molecule has 0 atom stereocenters. The van der Waals surface area contributed by atoms with Gasteiger partial charge < -0.3 is 20.1 Å². The Bertz CT molecular complexity index is 742. The van der Waals surface area contributed by atoms with Crippen molar-refractivity contribution in [2.24, 2.45) is 0 Å². The number of benzene rings is 2. The Balaban J connectivity index is 2.02. The van der Waals surface area contributed by atoms with E-state index in [9.17, 15) is 4.79 Å². The van der Waals surface area contributed by atoms with Crippen molar-refractivity contribution in [3.05, 3.63) is 47.0 Å². The molecule has 5 heteroatoms. The van der Waals surface area contributed by atoms with Gasteiger partial charge in [-0.05, 0) is 55.7 Å². The fourth-order valence-electron chi connectivity index (χ4n) is 2.37. The number of ether oxygens (including phenoxy) is 2. The summed E-state index contributed by atoms with van der Waals surface area (Å²) in [5, 5.41) is 6.03. The summed E-state index contributed by atoms with van der Waals surface area (Å²) in [4.78, 5) is 12.1. The van der Waals surface area contributed by atoms with Crippen LogP contribution in [0.3, 0.4) is 0 Å². The number of carbonyl (C=O) groups excluding carboxylic acids is 1. The van der Waals surface area contributed by atoms with E-state index in [1.54, 1.807) is 14.2 Å². The number of hydrogen-bond donors (Lipinski definition) is 2. The fourth-order valence-corrected chi connectivity index (χ4v) is 2.37. The maximum atomic E-state index is 12.1. The van der Waals surface area contributed by atoms with Crippen LogP contribution in [0.15, 0.2) is 30.3 Å². The van der Waals surface area contributed by atoms with Gasteiger partial charge in [0.25, 0.3) is 0 Å². The molecule has 0 radical (unpaired) electrons. The number of nitrogens with one attached hydrogen (secondary N) is 2. The molecule has 0 saturated heterocycles. The molecule has 128 valence electrons. The van der Waals surface area contributed by atoms with Gasteiger partial charge in [-0.15, -0.1) is 0 Å². The van der Waals surface area contributed by atoms with Crippen LogP contribution in [-0.4, -0.2) is 26.7 Å². The number of rotatable bonds is 6. The van der Waals surface area contributed by atoms with E-state index >= 15 is 0 Å². The molecular weight excluding hydrogens is 304 g/mol. The average Bonchev–Trinajstić information content (AvgIpc) is 2.56. The Morgan fingerprint density at radius 2 is 1.58 bits per heavy atom. The Hall–Kier alpha value is -2.69. The lowest BCUT2D eigenvalue weighted by atomic mass is 10.1. The molecule has 24 heavy (non-hydrogen) atoms. The standard InChI is InChI=1S/C19H24N2O3/c1-12-6-7-15(8-13(12)2)21-19(22)11-20-16-10-18(24-5)17(23-4)9-14(16)3/h6-10,20H,11H2,1-5H3,(H,21,22). The van der Waals surface area contributed by atoms with E-state index in [4.69, 9.17) is 9.47 Å². The summed E-state index contributed by atoms with van der Waals surface area (Å²) < 4.78 is 10.6. The molecule has 0 aliphatic heterocycles. The predicted octanol–water partition coefficient (Wildman–Crippen LogP) is 3.68. The minimum absolute atomic E-state index is 0.104. The van der Waals surface area contributed by atoms with Crippen LogP contribution >= 0.6 is 0 Å². The summed E-state index contributed by atoms with van der Waals surface area (Å²) in [6.07, 6.45) is 0. The van der Waals surface area contributed by atoms with Crippen LogP contribution in [0.1, 0.15) is 16.7 Å². The third kappa shape index (κ3) is 4.19. The molecule has 0 fully saturated rings. The van der Waals surface area contributed by atoms with Gasteiger partial charge in [0.2, 0.25) is 5.91 Å². The molecule has 0 spiro atoms. The monoisotopic (exact) mass is 328 g/mol. The van der Waals surface area contributed by atoms with Gasteiger partial charge in [-0.1, -0.05) is 6.07 Å². The summed E-state index contributed by atoms with van der Waals surface area (Å²) in [6.45, 7) is 6.19. The topological polar surface area (TPSA) is 59.6 Å². The van der Waals surface area contributed by atoms with Crippen molar-refractivity contribution in [2.75, 3.05) is 31.4 Å². The summed E-state index contributed by atoms with van der Waals surface area (Å²) in [7, 11) is 3.19. The molecule has 0 bridgehead atoms. The van der Waals surface area contributed by atoms with Crippen molar-refractivity contribution in [1.29, 1.82) is 0 Å². The molecule has 0 aliphatic carbocycles. The Labute approximate surface area is 143 Å². The van der Waals surface area contributed by atoms with E-state index in [1.807, 2.05) is 51.1 Å². The number of methoxy groups -OCH3 is 2. The fraction of sp³-hybridized carbons (Fsp3) is 0.316. The average molecular weight is 328 g/mol. The lowest BCUT2D eigenvalue weighted by molar-refractivity contribution is -0.114. The first-order chi connectivity index (χ1) is 11.4. The van der Waals surface area contributed by atoms with Crippen molar-refractivity contribution < 1.29 is 14.3 Å². The van der Waals surface area contributed by atoms with E-state index in [2.05, 4.69) is 10.6 Å². The molecule has 2 rings (SSSR count). The van der Waals surface area contributed by atoms with Crippen molar-refractivity contribution in [3.8, 4) is 11.5 Å². The van der Waals surface area contributed by atoms with Gasteiger partial charge >= 0.3 is 0 Å². The van der Waals surface area contributed by atoms with Crippen LogP contribution in [0.4, 0.5) is 11.4 Å². The van der Waals surface area contributed by atoms with Crippen molar-refractivity contribution in [3.63, 3.8) is 0 Å². The first kappa shape index (κ1) is 17.7. The van der Waals surface area contributed by atoms with Gasteiger partial charge in [0.15, 0.2) is 11.5 Å². The number of carbonyl (C=O) groups is 1. The number of hydrogen-bond acceptors (Lipinski definition) is 4. The third-order valence-corrected chi connectivity index (χ3v) is 3.96. The maximum absolute atomic E-state index is 12.1. The normalized spacial score (nSPS) is 10.2. The second-order valence-electron chi connectivity index (χ2n) is 5.72. The van der Waals surface area contributed by atoms with Crippen LogP contribution in [0.25, 0.3) is 0 Å². The highest BCUT2D eigenvalue weighted by Gasteiger charge is 2.10. The zero-order valence-electron chi connectivity index (χ0n) is 14.8. The van der Waals surface area contributed by atoms with E-state index in [1.165, 1.54) is 5.56 Å². The molecule has 1 amide bonds. The Kier molecular flexibility index (Phi) is 5.68. The van der Waals surface area contributed by atoms with E-state index in [0.29, 0.717) is 11.5 Å². The van der Waals surface area contributed by atoms with Gasteiger partial charge in [-0.3, -0.25) is 4.79 Å². The largest absolute Gasteiger partial charge is 0.493 e. The molecule has 5 nitrogen and oxygen atoms in total. The lowest BCUT2D eigenvalue weighted by Crippen LogP contribution is -2.22. The highest BCUT2D eigenvalue weighted by atomic mass is 16.5. The van der Waals surface area contributed by atoms with Gasteiger partial charge in [-0.25, -0.2) is 0 Å². The minimum atomic E-state index is -0.104. The second-order valence-corrected chi connectivity index (χ2v) is 5.72. The number of amides is 1. The molecule has 0 unspecified atom stereocenters. The quantitative estimate of drug-likeness (QED) is 0.849. The zero-order valence-corrected chi connectivity index (χ0v) is 14.8. The minimum Gasteiger partial charge on any atom is -0.493 e. The van der Waals surface area contributed by atoms with Crippen molar-refractivity contribution in [2.45, 2.75) is 20.8 Å². The van der Waals surface area contributed by atoms with Crippen molar-refractivity contribution >= 4 is 17.3 Å². The van der Waals surface area contributed by atoms with Crippen LogP contribution in [-0.2, 0) is 4.79 Å². The summed E-state index contributed by atoms with van der Waals surface area (Å²) in [6, 6.07) is 9.58.